The van der Waals surface area contributed by atoms with Gasteiger partial charge in [-0.2, -0.15) is 0 Å². The second-order valence-corrected chi connectivity index (χ2v) is 9.22. The number of amides is 2. The van der Waals surface area contributed by atoms with E-state index in [0.717, 1.165) is 47.6 Å². The minimum atomic E-state index is 0.00569. The number of thioether (sulfide) groups is 1. The molecular formula is C19H22N2O2S. The van der Waals surface area contributed by atoms with Gasteiger partial charge in [0.15, 0.2) is 0 Å². The van der Waals surface area contributed by atoms with Gasteiger partial charge in [-0.25, -0.2) is 0 Å². The van der Waals surface area contributed by atoms with Crippen molar-refractivity contribution in [3.8, 4) is 0 Å². The average Bonchev–Trinajstić information content (AvgIpc) is 2.52. The van der Waals surface area contributed by atoms with Gasteiger partial charge in [-0.1, -0.05) is 0 Å². The first kappa shape index (κ1) is 14.8. The summed E-state index contributed by atoms with van der Waals surface area (Å²) >= 11 is 1.53. The Hall–Kier alpha value is -1.49. The molecule has 0 saturated heterocycles. The fourth-order valence-corrected chi connectivity index (χ4v) is 6.59. The van der Waals surface area contributed by atoms with Crippen molar-refractivity contribution in [1.29, 1.82) is 0 Å². The summed E-state index contributed by atoms with van der Waals surface area (Å²) in [5.74, 6) is 2.92. The summed E-state index contributed by atoms with van der Waals surface area (Å²) in [5, 5.41) is 6.28. The number of hydrogen-bond acceptors (Lipinski definition) is 3. The van der Waals surface area contributed by atoms with Gasteiger partial charge >= 0.3 is 0 Å². The van der Waals surface area contributed by atoms with Crippen molar-refractivity contribution in [2.24, 2.45) is 17.8 Å². The zero-order chi connectivity index (χ0) is 16.3. The molecule has 0 atom stereocenters. The molecule has 5 heteroatoms. The van der Waals surface area contributed by atoms with Crippen molar-refractivity contribution in [1.82, 2.24) is 5.32 Å². The summed E-state index contributed by atoms with van der Waals surface area (Å²) in [6, 6.07) is 5.67. The van der Waals surface area contributed by atoms with Crippen LogP contribution >= 0.6 is 11.8 Å². The van der Waals surface area contributed by atoms with E-state index in [4.69, 9.17) is 0 Å². The zero-order valence-electron chi connectivity index (χ0n) is 13.6. The number of carbonyl (C=O) groups excluding carboxylic acids is 2. The molecule has 126 valence electrons. The van der Waals surface area contributed by atoms with Crippen LogP contribution in [0.15, 0.2) is 23.1 Å². The van der Waals surface area contributed by atoms with Crippen molar-refractivity contribution in [2.45, 2.75) is 49.0 Å². The Labute approximate surface area is 146 Å². The summed E-state index contributed by atoms with van der Waals surface area (Å²) in [7, 11) is 0. The van der Waals surface area contributed by atoms with Gasteiger partial charge < -0.3 is 10.6 Å². The van der Waals surface area contributed by atoms with E-state index in [1.54, 1.807) is 0 Å². The highest BCUT2D eigenvalue weighted by molar-refractivity contribution is 8.00. The topological polar surface area (TPSA) is 58.2 Å². The molecule has 1 aliphatic heterocycles. The van der Waals surface area contributed by atoms with Crippen molar-refractivity contribution in [2.75, 3.05) is 11.1 Å². The first-order valence-electron chi connectivity index (χ1n) is 8.98. The molecule has 0 unspecified atom stereocenters. The van der Waals surface area contributed by atoms with E-state index in [1.807, 2.05) is 18.2 Å². The third kappa shape index (κ3) is 2.44. The van der Waals surface area contributed by atoms with E-state index in [0.29, 0.717) is 11.3 Å². The molecule has 4 saturated carbocycles. The smallest absolute Gasteiger partial charge is 0.251 e. The quantitative estimate of drug-likeness (QED) is 0.866. The molecule has 0 spiro atoms. The second-order valence-electron chi connectivity index (χ2n) is 8.20. The maximum absolute atomic E-state index is 12.9. The molecule has 2 N–H and O–H groups in total. The Morgan fingerprint density at radius 3 is 2.46 bits per heavy atom. The van der Waals surface area contributed by atoms with E-state index in [1.165, 1.54) is 31.0 Å². The lowest BCUT2D eigenvalue weighted by atomic mass is 9.53. The van der Waals surface area contributed by atoms with E-state index in [-0.39, 0.29) is 17.4 Å². The van der Waals surface area contributed by atoms with Crippen LogP contribution in [0.2, 0.25) is 0 Å². The number of anilines is 1. The number of benzene rings is 1. The minimum absolute atomic E-state index is 0.00569. The van der Waals surface area contributed by atoms with Gasteiger partial charge in [0.25, 0.3) is 5.91 Å². The number of rotatable bonds is 2. The Morgan fingerprint density at radius 2 is 1.79 bits per heavy atom. The molecule has 1 aromatic rings. The van der Waals surface area contributed by atoms with Crippen LogP contribution in [0.3, 0.4) is 0 Å². The molecule has 24 heavy (non-hydrogen) atoms. The van der Waals surface area contributed by atoms with Crippen LogP contribution in [0.25, 0.3) is 0 Å². The number of hydrogen-bond donors (Lipinski definition) is 2. The molecular weight excluding hydrogens is 320 g/mol. The fraction of sp³-hybridized carbons (Fsp3) is 0.579. The Kier molecular flexibility index (Phi) is 3.24. The van der Waals surface area contributed by atoms with Crippen LogP contribution in [0, 0.1) is 17.8 Å². The van der Waals surface area contributed by atoms with Crippen LogP contribution in [0.1, 0.15) is 48.9 Å². The largest absolute Gasteiger partial charge is 0.347 e. The summed E-state index contributed by atoms with van der Waals surface area (Å²) in [6.45, 7) is 0. The average molecular weight is 342 g/mol. The van der Waals surface area contributed by atoms with Gasteiger partial charge in [0.2, 0.25) is 5.91 Å². The number of nitrogens with one attached hydrogen (secondary N) is 2. The fourth-order valence-electron chi connectivity index (χ4n) is 5.80. The molecule has 5 aliphatic rings. The highest BCUT2D eigenvalue weighted by Gasteiger charge is 2.51. The van der Waals surface area contributed by atoms with Gasteiger partial charge in [0.05, 0.1) is 11.4 Å². The predicted octanol–water partition coefficient (Wildman–Crippen LogP) is 3.43. The molecule has 0 radical (unpaired) electrons. The molecule has 4 aliphatic carbocycles. The van der Waals surface area contributed by atoms with Crippen molar-refractivity contribution in [3.63, 3.8) is 0 Å². The summed E-state index contributed by atoms with van der Waals surface area (Å²) in [6.07, 6.45) is 7.58. The van der Waals surface area contributed by atoms with E-state index < -0.39 is 0 Å². The third-order valence-electron chi connectivity index (χ3n) is 6.29. The lowest BCUT2D eigenvalue weighted by Gasteiger charge is -2.56. The predicted molar refractivity (Wildman–Crippen MR) is 94.2 cm³/mol. The van der Waals surface area contributed by atoms with E-state index in [2.05, 4.69) is 10.6 Å². The monoisotopic (exact) mass is 342 g/mol. The van der Waals surface area contributed by atoms with Gasteiger partial charge in [-0.05, 0) is 74.5 Å². The van der Waals surface area contributed by atoms with Crippen LogP contribution in [0.4, 0.5) is 5.69 Å². The molecule has 4 fully saturated rings. The minimum Gasteiger partial charge on any atom is -0.347 e. The van der Waals surface area contributed by atoms with Gasteiger partial charge in [0, 0.05) is 16.0 Å². The summed E-state index contributed by atoms with van der Waals surface area (Å²) in [5.41, 5.74) is 1.46. The second kappa shape index (κ2) is 5.25. The van der Waals surface area contributed by atoms with Crippen LogP contribution < -0.4 is 10.6 Å². The Bertz CT molecular complexity index is 695. The Balaban J connectivity index is 1.37. The van der Waals surface area contributed by atoms with Crippen LogP contribution in [-0.4, -0.2) is 23.1 Å². The van der Waals surface area contributed by atoms with Crippen molar-refractivity contribution >= 4 is 29.3 Å². The molecule has 2 amide bonds. The van der Waals surface area contributed by atoms with Crippen molar-refractivity contribution in [3.05, 3.63) is 23.8 Å². The maximum atomic E-state index is 12.9. The third-order valence-corrected chi connectivity index (χ3v) is 7.37. The van der Waals surface area contributed by atoms with Crippen molar-refractivity contribution < 1.29 is 9.59 Å². The maximum Gasteiger partial charge on any atom is 0.251 e. The molecule has 6 rings (SSSR count). The normalized spacial score (nSPS) is 36.2. The highest BCUT2D eigenvalue weighted by Crippen LogP contribution is 2.55. The SMILES string of the molecule is O=C1CSc2ccc(C(=O)NC34CC5CC(CC(C5)C3)C4)cc2N1. The number of carbonyl (C=O) groups is 2. The van der Waals surface area contributed by atoms with Gasteiger partial charge in [-0.3, -0.25) is 9.59 Å². The standard InChI is InChI=1S/C19H22N2O2S/c22-17-10-24-16-2-1-14(6-15(16)20-17)18(23)21-19-7-11-3-12(8-19)5-13(4-11)9-19/h1-2,6,11-13H,3-5,7-10H2,(H,20,22)(H,21,23). The first-order valence-corrected chi connectivity index (χ1v) is 9.96. The summed E-state index contributed by atoms with van der Waals surface area (Å²) in [4.78, 5) is 25.5. The molecule has 0 aromatic heterocycles. The number of fused-ring (bicyclic) bond motifs is 1. The highest BCUT2D eigenvalue weighted by atomic mass is 32.2. The molecule has 4 bridgehead atoms. The van der Waals surface area contributed by atoms with Gasteiger partial charge in [0.1, 0.15) is 0 Å². The van der Waals surface area contributed by atoms with Crippen LogP contribution in [0.5, 0.6) is 0 Å². The lowest BCUT2D eigenvalue weighted by molar-refractivity contribution is -0.113. The molecule has 4 nitrogen and oxygen atoms in total. The van der Waals surface area contributed by atoms with E-state index in [9.17, 15) is 9.59 Å². The molecule has 1 heterocycles. The molecule has 1 aromatic carbocycles. The van der Waals surface area contributed by atoms with E-state index >= 15 is 0 Å². The van der Waals surface area contributed by atoms with Crippen LogP contribution in [-0.2, 0) is 4.79 Å². The Morgan fingerprint density at radius 1 is 1.12 bits per heavy atom. The summed E-state index contributed by atoms with van der Waals surface area (Å²) < 4.78 is 0. The first-order chi connectivity index (χ1) is 11.6. The lowest BCUT2D eigenvalue weighted by Crippen LogP contribution is -2.59. The zero-order valence-corrected chi connectivity index (χ0v) is 14.5. The van der Waals surface area contributed by atoms with Gasteiger partial charge in [-0.15, -0.1) is 11.8 Å².